The van der Waals surface area contributed by atoms with Crippen molar-refractivity contribution in [2.75, 3.05) is 0 Å². The van der Waals surface area contributed by atoms with E-state index in [0.717, 1.165) is 32.1 Å². The molecule has 2 rings (SSSR count). The first-order valence-electron chi connectivity index (χ1n) is 6.18. The Morgan fingerprint density at radius 1 is 1.12 bits per heavy atom. The molecular weight excluding hydrogens is 203 g/mol. The third-order valence-electron chi connectivity index (χ3n) is 3.59. The summed E-state index contributed by atoms with van der Waals surface area (Å²) < 4.78 is 12.7. The minimum absolute atomic E-state index is 0.116. The van der Waals surface area contributed by atoms with Crippen molar-refractivity contribution in [3.8, 4) is 0 Å². The maximum Gasteiger partial charge on any atom is 0.123 e. The van der Waals surface area contributed by atoms with Gasteiger partial charge in [-0.1, -0.05) is 25.0 Å². The SMILES string of the molecule is OC1CCCCC1CCc1ccc(F)cc1. The van der Waals surface area contributed by atoms with Gasteiger partial charge in [-0.2, -0.15) is 0 Å². The molecule has 0 spiro atoms. The Labute approximate surface area is 96.3 Å². The Morgan fingerprint density at radius 2 is 1.81 bits per heavy atom. The third-order valence-corrected chi connectivity index (χ3v) is 3.59. The zero-order valence-electron chi connectivity index (χ0n) is 9.53. The molecule has 88 valence electrons. The summed E-state index contributed by atoms with van der Waals surface area (Å²) in [6, 6.07) is 6.69. The van der Waals surface area contributed by atoms with Crippen LogP contribution in [0.25, 0.3) is 0 Å². The van der Waals surface area contributed by atoms with Crippen molar-refractivity contribution >= 4 is 0 Å². The summed E-state index contributed by atoms with van der Waals surface area (Å²) >= 11 is 0. The molecule has 0 aromatic heterocycles. The minimum Gasteiger partial charge on any atom is -0.393 e. The predicted octanol–water partition coefficient (Wildman–Crippen LogP) is 3.31. The number of benzene rings is 1. The first-order chi connectivity index (χ1) is 7.75. The number of hydrogen-bond acceptors (Lipinski definition) is 1. The van der Waals surface area contributed by atoms with Crippen molar-refractivity contribution in [1.29, 1.82) is 0 Å². The number of rotatable bonds is 3. The van der Waals surface area contributed by atoms with Crippen molar-refractivity contribution < 1.29 is 9.50 Å². The lowest BCUT2D eigenvalue weighted by Crippen LogP contribution is -2.24. The predicted molar refractivity (Wildman–Crippen MR) is 62.7 cm³/mol. The van der Waals surface area contributed by atoms with E-state index in [1.165, 1.54) is 24.1 Å². The van der Waals surface area contributed by atoms with Gasteiger partial charge >= 0.3 is 0 Å². The molecule has 1 fully saturated rings. The number of aryl methyl sites for hydroxylation is 1. The van der Waals surface area contributed by atoms with Crippen LogP contribution in [0.2, 0.25) is 0 Å². The highest BCUT2D eigenvalue weighted by Crippen LogP contribution is 2.28. The van der Waals surface area contributed by atoms with Gasteiger partial charge in [-0.25, -0.2) is 4.39 Å². The van der Waals surface area contributed by atoms with Crippen molar-refractivity contribution in [1.82, 2.24) is 0 Å². The van der Waals surface area contributed by atoms with E-state index >= 15 is 0 Å². The van der Waals surface area contributed by atoms with Crippen LogP contribution in [0.3, 0.4) is 0 Å². The van der Waals surface area contributed by atoms with E-state index in [1.54, 1.807) is 0 Å². The zero-order chi connectivity index (χ0) is 11.4. The van der Waals surface area contributed by atoms with Crippen LogP contribution < -0.4 is 0 Å². The highest BCUT2D eigenvalue weighted by atomic mass is 19.1. The van der Waals surface area contributed by atoms with E-state index in [9.17, 15) is 9.50 Å². The van der Waals surface area contributed by atoms with Crippen LogP contribution in [0.15, 0.2) is 24.3 Å². The van der Waals surface area contributed by atoms with Gasteiger partial charge in [-0.05, 0) is 49.3 Å². The molecule has 0 radical (unpaired) electrons. The topological polar surface area (TPSA) is 20.2 Å². The number of hydrogen-bond donors (Lipinski definition) is 1. The molecule has 0 bridgehead atoms. The molecule has 2 heteroatoms. The fourth-order valence-electron chi connectivity index (χ4n) is 2.53. The Morgan fingerprint density at radius 3 is 2.50 bits per heavy atom. The van der Waals surface area contributed by atoms with E-state index in [-0.39, 0.29) is 11.9 Å². The van der Waals surface area contributed by atoms with Crippen molar-refractivity contribution in [3.05, 3.63) is 35.6 Å². The molecule has 1 aromatic carbocycles. The molecule has 2 unspecified atom stereocenters. The average molecular weight is 222 g/mol. The van der Waals surface area contributed by atoms with E-state index < -0.39 is 0 Å². The van der Waals surface area contributed by atoms with E-state index in [4.69, 9.17) is 0 Å². The lowest BCUT2D eigenvalue weighted by Gasteiger charge is -2.27. The van der Waals surface area contributed by atoms with Gasteiger partial charge in [0.05, 0.1) is 6.10 Å². The highest BCUT2D eigenvalue weighted by Gasteiger charge is 2.22. The van der Waals surface area contributed by atoms with Crippen LogP contribution in [0, 0.1) is 11.7 Å². The lowest BCUT2D eigenvalue weighted by molar-refractivity contribution is 0.0655. The maximum absolute atomic E-state index is 12.7. The van der Waals surface area contributed by atoms with Gasteiger partial charge < -0.3 is 5.11 Å². The average Bonchev–Trinajstić information content (AvgIpc) is 2.30. The maximum atomic E-state index is 12.7. The standard InChI is InChI=1S/C14H19FO/c15-13-9-6-11(7-10-13)5-8-12-3-1-2-4-14(12)16/h6-7,9-10,12,14,16H,1-5,8H2. The number of halogens is 1. The molecule has 1 nitrogen and oxygen atoms in total. The molecule has 0 heterocycles. The largest absolute Gasteiger partial charge is 0.393 e. The van der Waals surface area contributed by atoms with Gasteiger partial charge in [0, 0.05) is 0 Å². The fraction of sp³-hybridized carbons (Fsp3) is 0.571. The second kappa shape index (κ2) is 5.44. The van der Waals surface area contributed by atoms with Gasteiger partial charge in [-0.15, -0.1) is 0 Å². The molecular formula is C14H19FO. The smallest absolute Gasteiger partial charge is 0.123 e. The number of aliphatic hydroxyl groups excluding tert-OH is 1. The van der Waals surface area contributed by atoms with Crippen molar-refractivity contribution in [3.63, 3.8) is 0 Å². The highest BCUT2D eigenvalue weighted by molar-refractivity contribution is 5.16. The van der Waals surface area contributed by atoms with Crippen molar-refractivity contribution in [2.45, 2.75) is 44.6 Å². The fourth-order valence-corrected chi connectivity index (χ4v) is 2.53. The molecule has 0 saturated heterocycles. The first kappa shape index (κ1) is 11.6. The molecule has 0 aliphatic heterocycles. The molecule has 1 N–H and O–H groups in total. The summed E-state index contributed by atoms with van der Waals surface area (Å²) in [5, 5.41) is 9.83. The third kappa shape index (κ3) is 3.05. The van der Waals surface area contributed by atoms with E-state index in [1.807, 2.05) is 12.1 Å². The summed E-state index contributed by atoms with van der Waals surface area (Å²) in [5.74, 6) is 0.264. The molecule has 1 aromatic rings. The van der Waals surface area contributed by atoms with Crippen molar-refractivity contribution in [2.24, 2.45) is 5.92 Å². The number of aliphatic hydroxyl groups is 1. The molecule has 2 atom stereocenters. The van der Waals surface area contributed by atoms with Crippen LogP contribution in [0.4, 0.5) is 4.39 Å². The van der Waals surface area contributed by atoms with Gasteiger partial charge in [0.25, 0.3) is 0 Å². The van der Waals surface area contributed by atoms with Crippen LogP contribution >= 0.6 is 0 Å². The Balaban J connectivity index is 1.84. The van der Waals surface area contributed by atoms with Gasteiger partial charge in [0.2, 0.25) is 0 Å². The second-order valence-corrected chi connectivity index (χ2v) is 4.78. The van der Waals surface area contributed by atoms with Gasteiger partial charge in [-0.3, -0.25) is 0 Å². The molecule has 1 aliphatic rings. The summed E-state index contributed by atoms with van der Waals surface area (Å²) in [7, 11) is 0. The Bertz CT molecular complexity index is 320. The summed E-state index contributed by atoms with van der Waals surface area (Å²) in [6.07, 6.45) is 6.35. The quantitative estimate of drug-likeness (QED) is 0.832. The van der Waals surface area contributed by atoms with Crippen LogP contribution in [-0.4, -0.2) is 11.2 Å². The summed E-state index contributed by atoms with van der Waals surface area (Å²) in [4.78, 5) is 0. The Hall–Kier alpha value is -0.890. The molecule has 16 heavy (non-hydrogen) atoms. The molecule has 1 aliphatic carbocycles. The van der Waals surface area contributed by atoms with E-state index in [0.29, 0.717) is 5.92 Å². The minimum atomic E-state index is -0.179. The summed E-state index contributed by atoms with van der Waals surface area (Å²) in [5.41, 5.74) is 1.17. The van der Waals surface area contributed by atoms with Crippen LogP contribution in [0.5, 0.6) is 0 Å². The Kier molecular flexibility index (Phi) is 3.94. The summed E-state index contributed by atoms with van der Waals surface area (Å²) in [6.45, 7) is 0. The monoisotopic (exact) mass is 222 g/mol. The van der Waals surface area contributed by atoms with Crippen LogP contribution in [0.1, 0.15) is 37.7 Å². The first-order valence-corrected chi connectivity index (χ1v) is 6.18. The van der Waals surface area contributed by atoms with E-state index in [2.05, 4.69) is 0 Å². The zero-order valence-corrected chi connectivity index (χ0v) is 9.53. The van der Waals surface area contributed by atoms with Crippen LogP contribution in [-0.2, 0) is 6.42 Å². The second-order valence-electron chi connectivity index (χ2n) is 4.78. The molecule has 0 amide bonds. The van der Waals surface area contributed by atoms with Gasteiger partial charge in [0.1, 0.15) is 5.82 Å². The lowest BCUT2D eigenvalue weighted by atomic mass is 9.83. The molecule has 1 saturated carbocycles. The van der Waals surface area contributed by atoms with Gasteiger partial charge in [0.15, 0.2) is 0 Å². The normalized spacial score (nSPS) is 25.6.